The van der Waals surface area contributed by atoms with Gasteiger partial charge in [0.2, 0.25) is 0 Å². The smallest absolute Gasteiger partial charge is 0.191 e. The Morgan fingerprint density at radius 3 is 2.83 bits per heavy atom. The zero-order chi connectivity index (χ0) is 20.8. The van der Waals surface area contributed by atoms with Crippen LogP contribution in [0.5, 0.6) is 0 Å². The van der Waals surface area contributed by atoms with Crippen molar-refractivity contribution in [3.8, 4) is 0 Å². The van der Waals surface area contributed by atoms with E-state index in [0.717, 1.165) is 58.7 Å². The van der Waals surface area contributed by atoms with Gasteiger partial charge in [0.25, 0.3) is 0 Å². The Labute approximate surface area is 174 Å². The van der Waals surface area contributed by atoms with Crippen LogP contribution in [0, 0.1) is 20.4 Å². The van der Waals surface area contributed by atoms with Crippen LogP contribution in [0.25, 0.3) is 26.8 Å². The predicted molar refractivity (Wildman–Crippen MR) is 114 cm³/mol. The summed E-state index contributed by atoms with van der Waals surface area (Å²) >= 11 is 0. The van der Waals surface area contributed by atoms with Crippen molar-refractivity contribution in [1.82, 2.24) is 19.5 Å². The van der Waals surface area contributed by atoms with E-state index in [1.807, 2.05) is 38.2 Å². The molecule has 0 saturated carbocycles. The lowest BCUT2D eigenvalue weighted by molar-refractivity contribution is 0.00630. The molecule has 4 aromatic rings. The Kier molecular flexibility index (Phi) is 4.52. The lowest BCUT2D eigenvalue weighted by Crippen LogP contribution is -2.26. The van der Waals surface area contributed by atoms with Gasteiger partial charge < -0.3 is 13.7 Å². The van der Waals surface area contributed by atoms with Crippen molar-refractivity contribution in [1.29, 1.82) is 0 Å². The molecule has 1 aliphatic heterocycles. The third kappa shape index (κ3) is 3.14. The lowest BCUT2D eigenvalue weighted by Gasteiger charge is -2.30. The average molecular weight is 401 g/mol. The van der Waals surface area contributed by atoms with Crippen LogP contribution in [0.4, 0.5) is 5.69 Å². The van der Waals surface area contributed by atoms with Crippen molar-refractivity contribution in [2.75, 3.05) is 6.61 Å². The van der Waals surface area contributed by atoms with E-state index >= 15 is 0 Å². The van der Waals surface area contributed by atoms with E-state index in [1.54, 1.807) is 0 Å². The molecule has 7 nitrogen and oxygen atoms in total. The third-order valence-corrected chi connectivity index (χ3v) is 5.85. The van der Waals surface area contributed by atoms with Crippen LogP contribution in [-0.4, -0.2) is 32.2 Å². The minimum atomic E-state index is 0.192. The topological polar surface area (TPSA) is 70.3 Å². The molecule has 5 rings (SSSR count). The maximum atomic E-state index is 7.43. The first-order chi connectivity index (χ1) is 14.5. The summed E-state index contributed by atoms with van der Waals surface area (Å²) in [6.07, 6.45) is 4.46. The molecule has 0 unspecified atom stereocenters. The van der Waals surface area contributed by atoms with Crippen LogP contribution in [0.2, 0.25) is 0 Å². The van der Waals surface area contributed by atoms with Crippen LogP contribution >= 0.6 is 0 Å². The fourth-order valence-corrected chi connectivity index (χ4v) is 4.50. The molecule has 0 spiro atoms. The van der Waals surface area contributed by atoms with Crippen molar-refractivity contribution in [3.05, 3.63) is 59.0 Å². The highest BCUT2D eigenvalue weighted by Crippen LogP contribution is 2.35. The highest BCUT2D eigenvalue weighted by atomic mass is 16.5. The van der Waals surface area contributed by atoms with Gasteiger partial charge in [-0.2, -0.15) is 0 Å². The molecule has 152 valence electrons. The SMILES string of the molecule is [C-]#[N+]c1ccc2ncc3nc(Cc4nc(C)oc4C)n([C@@H]4CCO[C@H](C)C4)c3c2c1. The van der Waals surface area contributed by atoms with Gasteiger partial charge in [-0.05, 0) is 38.8 Å². The Bertz CT molecular complexity index is 1300. The molecule has 7 heteroatoms. The first-order valence-corrected chi connectivity index (χ1v) is 10.2. The quantitative estimate of drug-likeness (QED) is 0.448. The maximum Gasteiger partial charge on any atom is 0.191 e. The molecule has 4 heterocycles. The first-order valence-electron chi connectivity index (χ1n) is 10.2. The number of ether oxygens (including phenoxy) is 1. The van der Waals surface area contributed by atoms with Crippen LogP contribution in [0.1, 0.15) is 49.0 Å². The molecule has 3 aromatic heterocycles. The first kappa shape index (κ1) is 18.8. The zero-order valence-corrected chi connectivity index (χ0v) is 17.3. The summed E-state index contributed by atoms with van der Waals surface area (Å²) < 4.78 is 13.8. The number of benzene rings is 1. The van der Waals surface area contributed by atoms with Crippen molar-refractivity contribution in [2.45, 2.75) is 52.2 Å². The number of oxazole rings is 1. The van der Waals surface area contributed by atoms with E-state index in [2.05, 4.69) is 26.3 Å². The monoisotopic (exact) mass is 401 g/mol. The van der Waals surface area contributed by atoms with E-state index in [1.165, 1.54) is 0 Å². The number of imidazole rings is 1. The van der Waals surface area contributed by atoms with Gasteiger partial charge in [-0.3, -0.25) is 4.98 Å². The number of aryl methyl sites for hydroxylation is 2. The van der Waals surface area contributed by atoms with Gasteiger partial charge in [-0.1, -0.05) is 6.07 Å². The van der Waals surface area contributed by atoms with Gasteiger partial charge in [-0.25, -0.2) is 14.8 Å². The minimum Gasteiger partial charge on any atom is -0.446 e. The average Bonchev–Trinajstić information content (AvgIpc) is 3.26. The molecule has 0 aliphatic carbocycles. The van der Waals surface area contributed by atoms with Crippen molar-refractivity contribution in [3.63, 3.8) is 0 Å². The number of rotatable bonds is 3. The van der Waals surface area contributed by atoms with Crippen molar-refractivity contribution in [2.24, 2.45) is 0 Å². The second-order valence-electron chi connectivity index (χ2n) is 7.98. The van der Waals surface area contributed by atoms with Crippen molar-refractivity contribution < 1.29 is 9.15 Å². The predicted octanol–water partition coefficient (Wildman–Crippen LogP) is 5.07. The molecule has 0 N–H and O–H groups in total. The number of hydrogen-bond donors (Lipinski definition) is 0. The van der Waals surface area contributed by atoms with Crippen LogP contribution in [-0.2, 0) is 11.2 Å². The Morgan fingerprint density at radius 1 is 1.23 bits per heavy atom. The molecule has 0 radical (unpaired) electrons. The summed E-state index contributed by atoms with van der Waals surface area (Å²) in [5, 5.41) is 0.965. The van der Waals surface area contributed by atoms with E-state index in [9.17, 15) is 0 Å². The largest absolute Gasteiger partial charge is 0.446 e. The van der Waals surface area contributed by atoms with E-state index in [4.69, 9.17) is 20.7 Å². The summed E-state index contributed by atoms with van der Waals surface area (Å²) in [5.74, 6) is 2.44. The van der Waals surface area contributed by atoms with Gasteiger partial charge in [0.05, 0.1) is 42.0 Å². The fraction of sp³-hybridized carbons (Fsp3) is 0.391. The van der Waals surface area contributed by atoms with E-state index in [0.29, 0.717) is 18.0 Å². The highest BCUT2D eigenvalue weighted by Gasteiger charge is 2.27. The van der Waals surface area contributed by atoms with Crippen LogP contribution in [0.3, 0.4) is 0 Å². The summed E-state index contributed by atoms with van der Waals surface area (Å²) in [5.41, 5.74) is 4.27. The minimum absolute atomic E-state index is 0.192. The Balaban J connectivity index is 1.76. The second-order valence-corrected chi connectivity index (χ2v) is 7.98. The number of fused-ring (bicyclic) bond motifs is 3. The Morgan fingerprint density at radius 2 is 2.10 bits per heavy atom. The summed E-state index contributed by atoms with van der Waals surface area (Å²) in [4.78, 5) is 17.7. The standard InChI is InChI=1S/C23H23N5O2/c1-13-9-17(7-8-29-13)28-22(11-20-14(2)30-15(3)26-20)27-21-12-25-19-6-5-16(24-4)10-18(19)23(21)28/h5-6,10,12-13,17H,7-9,11H2,1-3H3/t13-,17-/m1/s1. The van der Waals surface area contributed by atoms with Crippen LogP contribution < -0.4 is 0 Å². The normalized spacial score (nSPS) is 19.4. The zero-order valence-electron chi connectivity index (χ0n) is 17.3. The van der Waals surface area contributed by atoms with Gasteiger partial charge in [0.15, 0.2) is 11.6 Å². The molecule has 0 bridgehead atoms. The molecule has 1 aliphatic rings. The number of nitrogens with zero attached hydrogens (tertiary/aromatic N) is 5. The second kappa shape index (κ2) is 7.22. The number of aromatic nitrogens is 4. The third-order valence-electron chi connectivity index (χ3n) is 5.85. The number of pyridine rings is 1. The van der Waals surface area contributed by atoms with Gasteiger partial charge >= 0.3 is 0 Å². The molecule has 1 fully saturated rings. The molecule has 1 saturated heterocycles. The van der Waals surface area contributed by atoms with Gasteiger partial charge in [-0.15, -0.1) is 0 Å². The molecule has 0 amide bonds. The summed E-state index contributed by atoms with van der Waals surface area (Å²) in [6, 6.07) is 5.92. The summed E-state index contributed by atoms with van der Waals surface area (Å²) in [7, 11) is 0. The molecular formula is C23H23N5O2. The van der Waals surface area contributed by atoms with E-state index in [-0.39, 0.29) is 12.1 Å². The number of hydrogen-bond acceptors (Lipinski definition) is 5. The Hall–Kier alpha value is -3.24. The van der Waals surface area contributed by atoms with Gasteiger partial charge in [0.1, 0.15) is 17.1 Å². The van der Waals surface area contributed by atoms with Crippen molar-refractivity contribution >= 4 is 27.6 Å². The molecule has 1 aromatic carbocycles. The molecule has 30 heavy (non-hydrogen) atoms. The lowest BCUT2D eigenvalue weighted by atomic mass is 10.0. The maximum absolute atomic E-state index is 7.43. The highest BCUT2D eigenvalue weighted by molar-refractivity contribution is 6.03. The van der Waals surface area contributed by atoms with Gasteiger partial charge in [0, 0.05) is 25.0 Å². The van der Waals surface area contributed by atoms with E-state index < -0.39 is 0 Å². The molecular weight excluding hydrogens is 378 g/mol. The van der Waals surface area contributed by atoms with Crippen LogP contribution in [0.15, 0.2) is 28.8 Å². The molecule has 2 atom stereocenters. The fourth-order valence-electron chi connectivity index (χ4n) is 4.50. The summed E-state index contributed by atoms with van der Waals surface area (Å²) in [6.45, 7) is 14.1.